The Bertz CT molecular complexity index is 509. The van der Waals surface area contributed by atoms with Gasteiger partial charge in [0.15, 0.2) is 0 Å². The molecule has 1 aromatic rings. The van der Waals surface area contributed by atoms with Gasteiger partial charge in [-0.1, -0.05) is 40.8 Å². The quantitative estimate of drug-likeness (QED) is 0.608. The molecular formula is C12H16INO2S. The molecule has 0 heterocycles. The number of anilines is 1. The molecule has 0 bridgehead atoms. The van der Waals surface area contributed by atoms with Crippen molar-refractivity contribution in [2.45, 2.75) is 28.9 Å². The van der Waals surface area contributed by atoms with E-state index in [1.54, 1.807) is 7.05 Å². The number of benzene rings is 1. The van der Waals surface area contributed by atoms with Crippen molar-refractivity contribution < 1.29 is 8.42 Å². The lowest BCUT2D eigenvalue weighted by Crippen LogP contribution is -2.30. The first-order valence-corrected chi connectivity index (χ1v) is 8.40. The zero-order valence-corrected chi connectivity index (χ0v) is 12.9. The second-order valence-corrected chi connectivity index (χ2v) is 8.50. The molecule has 1 aliphatic carbocycles. The smallest absolute Gasteiger partial charge is 0.237 e. The number of para-hydroxylation sites is 1. The Balaban J connectivity index is 2.40. The molecule has 1 atom stereocenters. The van der Waals surface area contributed by atoms with Crippen LogP contribution in [0, 0.1) is 0 Å². The lowest BCUT2D eigenvalue weighted by atomic mass is 10.1. The van der Waals surface area contributed by atoms with Gasteiger partial charge in [0.25, 0.3) is 0 Å². The lowest BCUT2D eigenvalue weighted by Gasteiger charge is -2.23. The third-order valence-electron chi connectivity index (χ3n) is 3.03. The highest BCUT2D eigenvalue weighted by atomic mass is 127. The number of sulfonamides is 1. The fourth-order valence-electron chi connectivity index (χ4n) is 1.84. The summed E-state index contributed by atoms with van der Waals surface area (Å²) in [4.78, 5) is 0. The van der Waals surface area contributed by atoms with Gasteiger partial charge in [-0.15, -0.1) is 0 Å². The predicted molar refractivity (Wildman–Crippen MR) is 79.2 cm³/mol. The van der Waals surface area contributed by atoms with Gasteiger partial charge >= 0.3 is 0 Å². The molecule has 0 aliphatic heterocycles. The van der Waals surface area contributed by atoms with E-state index in [0.717, 1.165) is 24.1 Å². The number of hydrogen-bond acceptors (Lipinski definition) is 2. The van der Waals surface area contributed by atoms with E-state index >= 15 is 0 Å². The van der Waals surface area contributed by atoms with Gasteiger partial charge < -0.3 is 0 Å². The number of rotatable bonds is 4. The van der Waals surface area contributed by atoms with E-state index in [-0.39, 0.29) is 5.25 Å². The Morgan fingerprint density at radius 2 is 1.94 bits per heavy atom. The average molecular weight is 365 g/mol. The Morgan fingerprint density at radius 1 is 1.35 bits per heavy atom. The third-order valence-corrected chi connectivity index (χ3v) is 5.98. The zero-order valence-electron chi connectivity index (χ0n) is 9.93. The molecule has 94 valence electrons. The number of nitrogens with zero attached hydrogens (tertiary/aromatic N) is 1. The summed E-state index contributed by atoms with van der Waals surface area (Å²) in [6, 6.07) is 7.71. The van der Waals surface area contributed by atoms with Crippen LogP contribution in [0.3, 0.4) is 0 Å². The summed E-state index contributed by atoms with van der Waals surface area (Å²) in [5, 5.41) is -0.162. The van der Waals surface area contributed by atoms with Crippen LogP contribution in [0.25, 0.3) is 0 Å². The summed E-state index contributed by atoms with van der Waals surface area (Å²) < 4.78 is 26.1. The molecule has 0 spiro atoms. The summed E-state index contributed by atoms with van der Waals surface area (Å²) >= 11 is 2.31. The zero-order chi connectivity index (χ0) is 12.6. The van der Waals surface area contributed by atoms with Gasteiger partial charge in [0.2, 0.25) is 10.0 Å². The van der Waals surface area contributed by atoms with E-state index in [2.05, 4.69) is 29.5 Å². The standard InChI is InChI=1S/C12H16INO2S/c1-9(13)11-5-3-4-6-12(11)14(2)17(15,16)10-7-8-10/h3-6,9-10H,7-8H2,1-2H3. The molecule has 0 aromatic heterocycles. The predicted octanol–water partition coefficient (Wildman–Crippen LogP) is 3.11. The second kappa shape index (κ2) is 4.76. The molecule has 1 fully saturated rings. The maximum absolute atomic E-state index is 12.2. The lowest BCUT2D eigenvalue weighted by molar-refractivity contribution is 0.593. The first-order chi connectivity index (χ1) is 7.94. The van der Waals surface area contributed by atoms with Crippen LogP contribution in [0.5, 0.6) is 0 Å². The van der Waals surface area contributed by atoms with Gasteiger partial charge in [-0.25, -0.2) is 8.42 Å². The maximum atomic E-state index is 12.2. The molecule has 0 radical (unpaired) electrons. The average Bonchev–Trinajstić information content (AvgIpc) is 3.12. The van der Waals surface area contributed by atoms with Crippen LogP contribution in [-0.4, -0.2) is 20.7 Å². The molecule has 0 N–H and O–H groups in total. The van der Waals surface area contributed by atoms with Gasteiger partial charge in [0.05, 0.1) is 10.9 Å². The van der Waals surface area contributed by atoms with Gasteiger partial charge in [-0.2, -0.15) is 0 Å². The monoisotopic (exact) mass is 365 g/mol. The van der Waals surface area contributed by atoms with Crippen LogP contribution in [-0.2, 0) is 10.0 Å². The first-order valence-electron chi connectivity index (χ1n) is 5.65. The molecule has 0 saturated heterocycles. The Hall–Kier alpha value is -0.300. The van der Waals surface area contributed by atoms with E-state index in [1.807, 2.05) is 24.3 Å². The van der Waals surface area contributed by atoms with E-state index in [0.29, 0.717) is 3.92 Å². The summed E-state index contributed by atoms with van der Waals surface area (Å²) in [7, 11) is -1.49. The van der Waals surface area contributed by atoms with Gasteiger partial charge in [-0.3, -0.25) is 4.31 Å². The van der Waals surface area contributed by atoms with Crippen molar-refractivity contribution in [2.24, 2.45) is 0 Å². The first kappa shape index (κ1) is 13.1. The molecule has 17 heavy (non-hydrogen) atoms. The minimum Gasteiger partial charge on any atom is -0.273 e. The molecule has 1 unspecified atom stereocenters. The largest absolute Gasteiger partial charge is 0.273 e. The Kier molecular flexibility index (Phi) is 3.68. The molecular weight excluding hydrogens is 349 g/mol. The minimum absolute atomic E-state index is 0.162. The maximum Gasteiger partial charge on any atom is 0.237 e. The van der Waals surface area contributed by atoms with Crippen LogP contribution in [0.4, 0.5) is 5.69 Å². The van der Waals surface area contributed by atoms with Gasteiger partial charge in [0.1, 0.15) is 0 Å². The van der Waals surface area contributed by atoms with Gasteiger partial charge in [-0.05, 0) is 31.4 Å². The van der Waals surface area contributed by atoms with E-state index in [1.165, 1.54) is 4.31 Å². The van der Waals surface area contributed by atoms with E-state index in [4.69, 9.17) is 0 Å². The van der Waals surface area contributed by atoms with Crippen molar-refractivity contribution in [2.75, 3.05) is 11.4 Å². The van der Waals surface area contributed by atoms with Crippen LogP contribution in [0.1, 0.15) is 29.3 Å². The topological polar surface area (TPSA) is 37.4 Å². The summed E-state index contributed by atoms with van der Waals surface area (Å²) in [5.74, 6) is 0. The number of halogens is 1. The fraction of sp³-hybridized carbons (Fsp3) is 0.500. The summed E-state index contributed by atoms with van der Waals surface area (Å²) in [6.45, 7) is 2.07. The third kappa shape index (κ3) is 2.59. The molecule has 1 aromatic carbocycles. The Labute approximate surface area is 116 Å². The van der Waals surface area contributed by atoms with Gasteiger partial charge in [0, 0.05) is 11.0 Å². The van der Waals surface area contributed by atoms with Crippen molar-refractivity contribution in [3.05, 3.63) is 29.8 Å². The molecule has 3 nitrogen and oxygen atoms in total. The molecule has 5 heteroatoms. The molecule has 1 saturated carbocycles. The highest BCUT2D eigenvalue weighted by molar-refractivity contribution is 14.1. The minimum atomic E-state index is -3.14. The highest BCUT2D eigenvalue weighted by Gasteiger charge is 2.39. The van der Waals surface area contributed by atoms with E-state index in [9.17, 15) is 8.42 Å². The van der Waals surface area contributed by atoms with Crippen LogP contribution >= 0.6 is 22.6 Å². The van der Waals surface area contributed by atoms with Crippen molar-refractivity contribution >= 4 is 38.3 Å². The van der Waals surface area contributed by atoms with Crippen molar-refractivity contribution in [1.29, 1.82) is 0 Å². The Morgan fingerprint density at radius 3 is 2.47 bits per heavy atom. The van der Waals surface area contributed by atoms with Crippen LogP contribution in [0.15, 0.2) is 24.3 Å². The van der Waals surface area contributed by atoms with Crippen molar-refractivity contribution in [1.82, 2.24) is 0 Å². The SMILES string of the molecule is CC(I)c1ccccc1N(C)S(=O)(=O)C1CC1. The van der Waals surface area contributed by atoms with Crippen molar-refractivity contribution in [3.8, 4) is 0 Å². The normalized spacial score (nSPS) is 17.8. The van der Waals surface area contributed by atoms with Crippen LogP contribution < -0.4 is 4.31 Å². The second-order valence-electron chi connectivity index (χ2n) is 4.39. The molecule has 1 aliphatic rings. The highest BCUT2D eigenvalue weighted by Crippen LogP contribution is 2.37. The van der Waals surface area contributed by atoms with Crippen molar-refractivity contribution in [3.63, 3.8) is 0 Å². The molecule has 2 rings (SSSR count). The molecule has 0 amide bonds. The number of hydrogen-bond donors (Lipinski definition) is 0. The van der Waals surface area contributed by atoms with E-state index < -0.39 is 10.0 Å². The van der Waals surface area contributed by atoms with Crippen LogP contribution in [0.2, 0.25) is 0 Å². The summed E-state index contributed by atoms with van der Waals surface area (Å²) in [5.41, 5.74) is 1.88. The fourth-order valence-corrected chi connectivity index (χ4v) is 3.98. The number of alkyl halides is 1. The summed E-state index contributed by atoms with van der Waals surface area (Å²) in [6.07, 6.45) is 1.60.